The summed E-state index contributed by atoms with van der Waals surface area (Å²) in [5.74, 6) is -1.60. The average molecular weight is 265 g/mol. The van der Waals surface area contributed by atoms with Crippen molar-refractivity contribution in [2.45, 2.75) is 31.8 Å². The lowest BCUT2D eigenvalue weighted by molar-refractivity contribution is -0.156. The van der Waals surface area contributed by atoms with Crippen LogP contribution in [0.3, 0.4) is 0 Å². The lowest BCUT2D eigenvalue weighted by Gasteiger charge is -2.19. The van der Waals surface area contributed by atoms with Gasteiger partial charge in [-0.3, -0.25) is 4.79 Å². The van der Waals surface area contributed by atoms with E-state index in [1.807, 2.05) is 37.3 Å². The Hall–Kier alpha value is -1.88. The molecule has 1 aromatic rings. The van der Waals surface area contributed by atoms with Crippen LogP contribution in [0.5, 0.6) is 0 Å². The Morgan fingerprint density at radius 2 is 1.89 bits per heavy atom. The molecule has 3 N–H and O–H groups in total. The highest BCUT2D eigenvalue weighted by molar-refractivity contribution is 5.80. The molecule has 104 valence electrons. The number of benzene rings is 1. The Bertz CT molecular complexity index is 442. The molecule has 1 aromatic carbocycles. The third kappa shape index (κ3) is 4.71. The first-order valence-electron chi connectivity index (χ1n) is 6.10. The maximum absolute atomic E-state index is 11.7. The Kier molecular flexibility index (Phi) is 5.06. The van der Waals surface area contributed by atoms with Crippen molar-refractivity contribution in [3.05, 3.63) is 35.9 Å². The summed E-state index contributed by atoms with van der Waals surface area (Å²) in [5.41, 5.74) is -0.895. The van der Waals surface area contributed by atoms with E-state index >= 15 is 0 Å². The summed E-state index contributed by atoms with van der Waals surface area (Å²) in [6, 6.07) is 9.58. The molecule has 0 spiro atoms. The van der Waals surface area contributed by atoms with E-state index in [0.29, 0.717) is 0 Å². The highest BCUT2D eigenvalue weighted by atomic mass is 16.4. The number of hydrogen-bond donors (Lipinski definition) is 3. The lowest BCUT2D eigenvalue weighted by Crippen LogP contribution is -2.46. The van der Waals surface area contributed by atoms with Crippen molar-refractivity contribution in [3.8, 4) is 0 Å². The fourth-order valence-corrected chi connectivity index (χ4v) is 1.60. The monoisotopic (exact) mass is 265 g/mol. The van der Waals surface area contributed by atoms with Crippen LogP contribution in [-0.2, 0) is 9.59 Å². The van der Waals surface area contributed by atoms with Gasteiger partial charge in [0.1, 0.15) is 0 Å². The molecule has 2 atom stereocenters. The third-order valence-electron chi connectivity index (χ3n) is 2.95. The number of carboxylic acid groups (broad SMARTS) is 1. The van der Waals surface area contributed by atoms with Crippen LogP contribution in [0, 0.1) is 0 Å². The molecular formula is C14H19NO4. The zero-order valence-electron chi connectivity index (χ0n) is 11.1. The second kappa shape index (κ2) is 6.33. The number of hydrogen-bond acceptors (Lipinski definition) is 3. The molecule has 0 heterocycles. The minimum atomic E-state index is -1.94. The van der Waals surface area contributed by atoms with Crippen LogP contribution in [0.4, 0.5) is 0 Å². The van der Waals surface area contributed by atoms with Gasteiger partial charge in [0.25, 0.3) is 0 Å². The zero-order chi connectivity index (χ0) is 14.5. The van der Waals surface area contributed by atoms with E-state index in [9.17, 15) is 14.7 Å². The molecule has 0 saturated carbocycles. The molecule has 19 heavy (non-hydrogen) atoms. The largest absolute Gasteiger partial charge is 0.479 e. The van der Waals surface area contributed by atoms with Crippen LogP contribution < -0.4 is 5.32 Å². The van der Waals surface area contributed by atoms with E-state index in [-0.39, 0.29) is 24.8 Å². The highest BCUT2D eigenvalue weighted by Crippen LogP contribution is 2.18. The van der Waals surface area contributed by atoms with Gasteiger partial charge >= 0.3 is 5.97 Å². The predicted octanol–water partition coefficient (Wildman–Crippen LogP) is 1.13. The van der Waals surface area contributed by atoms with E-state index < -0.39 is 11.6 Å². The van der Waals surface area contributed by atoms with E-state index in [4.69, 9.17) is 5.11 Å². The van der Waals surface area contributed by atoms with Crippen molar-refractivity contribution in [2.75, 3.05) is 6.54 Å². The van der Waals surface area contributed by atoms with Gasteiger partial charge in [-0.2, -0.15) is 0 Å². The van der Waals surface area contributed by atoms with Crippen LogP contribution in [0.2, 0.25) is 0 Å². The van der Waals surface area contributed by atoms with Gasteiger partial charge < -0.3 is 15.5 Å². The van der Waals surface area contributed by atoms with Gasteiger partial charge in [0.05, 0.1) is 6.54 Å². The quantitative estimate of drug-likeness (QED) is 0.719. The molecule has 0 aliphatic rings. The van der Waals surface area contributed by atoms with Gasteiger partial charge in [0.2, 0.25) is 5.91 Å². The van der Waals surface area contributed by atoms with Crippen LogP contribution >= 0.6 is 0 Å². The van der Waals surface area contributed by atoms with Crippen LogP contribution in [0.25, 0.3) is 0 Å². The predicted molar refractivity (Wildman–Crippen MR) is 70.7 cm³/mol. The minimum Gasteiger partial charge on any atom is -0.479 e. The molecule has 2 unspecified atom stereocenters. The second-order valence-electron chi connectivity index (χ2n) is 4.87. The van der Waals surface area contributed by atoms with Crippen molar-refractivity contribution in [1.29, 1.82) is 0 Å². The molecule has 0 radical (unpaired) electrons. The average Bonchev–Trinajstić information content (AvgIpc) is 2.37. The van der Waals surface area contributed by atoms with Crippen molar-refractivity contribution in [2.24, 2.45) is 0 Å². The smallest absolute Gasteiger partial charge is 0.337 e. The normalized spacial score (nSPS) is 15.3. The fourth-order valence-electron chi connectivity index (χ4n) is 1.60. The summed E-state index contributed by atoms with van der Waals surface area (Å²) in [6.07, 6.45) is 0.250. The topological polar surface area (TPSA) is 86.6 Å². The van der Waals surface area contributed by atoms with E-state index in [1.54, 1.807) is 0 Å². The van der Waals surface area contributed by atoms with Crippen molar-refractivity contribution < 1.29 is 19.8 Å². The first-order valence-corrected chi connectivity index (χ1v) is 6.10. The second-order valence-corrected chi connectivity index (χ2v) is 4.87. The number of carbonyl (C=O) groups excluding carboxylic acids is 1. The molecule has 0 bridgehead atoms. The summed E-state index contributed by atoms with van der Waals surface area (Å²) in [6.45, 7) is 2.77. The molecule has 0 aliphatic heterocycles. The molecular weight excluding hydrogens is 246 g/mol. The standard InChI is InChI=1S/C14H19NO4/c1-10(11-6-4-3-5-7-11)8-12(16)15-9-14(2,19)13(17)18/h3-7,10,19H,8-9H2,1-2H3,(H,15,16)(H,17,18). The fraction of sp³-hybridized carbons (Fsp3) is 0.429. The number of aliphatic hydroxyl groups is 1. The molecule has 1 amide bonds. The van der Waals surface area contributed by atoms with Crippen LogP contribution in [0.1, 0.15) is 31.7 Å². The molecule has 1 rings (SSSR count). The summed E-state index contributed by atoms with van der Waals surface area (Å²) >= 11 is 0. The Balaban J connectivity index is 2.46. The zero-order valence-corrected chi connectivity index (χ0v) is 11.1. The first kappa shape index (κ1) is 15.2. The third-order valence-corrected chi connectivity index (χ3v) is 2.95. The number of carbonyl (C=O) groups is 2. The van der Waals surface area contributed by atoms with Gasteiger partial charge in [-0.1, -0.05) is 37.3 Å². The number of carboxylic acids is 1. The van der Waals surface area contributed by atoms with Crippen molar-refractivity contribution in [3.63, 3.8) is 0 Å². The number of amides is 1. The van der Waals surface area contributed by atoms with Gasteiger partial charge in [0.15, 0.2) is 5.60 Å². The highest BCUT2D eigenvalue weighted by Gasteiger charge is 2.30. The van der Waals surface area contributed by atoms with E-state index in [1.165, 1.54) is 0 Å². The summed E-state index contributed by atoms with van der Waals surface area (Å²) in [5, 5.41) is 20.6. The van der Waals surface area contributed by atoms with Gasteiger partial charge in [-0.15, -0.1) is 0 Å². The first-order chi connectivity index (χ1) is 8.83. The Labute approximate surface area is 112 Å². The number of aliphatic carboxylic acids is 1. The summed E-state index contributed by atoms with van der Waals surface area (Å²) in [7, 11) is 0. The van der Waals surface area contributed by atoms with Crippen LogP contribution in [-0.4, -0.2) is 34.2 Å². The summed E-state index contributed by atoms with van der Waals surface area (Å²) in [4.78, 5) is 22.4. The van der Waals surface area contributed by atoms with Gasteiger partial charge in [-0.25, -0.2) is 4.79 Å². The van der Waals surface area contributed by atoms with E-state index in [0.717, 1.165) is 12.5 Å². The molecule has 5 nitrogen and oxygen atoms in total. The Morgan fingerprint density at radius 1 is 1.32 bits per heavy atom. The molecule has 5 heteroatoms. The SMILES string of the molecule is CC(CC(=O)NCC(C)(O)C(=O)O)c1ccccc1. The molecule has 0 aromatic heterocycles. The van der Waals surface area contributed by atoms with Gasteiger partial charge in [0, 0.05) is 6.42 Å². The maximum atomic E-state index is 11.7. The van der Waals surface area contributed by atoms with E-state index in [2.05, 4.69) is 5.32 Å². The molecule has 0 aliphatic carbocycles. The van der Waals surface area contributed by atoms with Gasteiger partial charge in [-0.05, 0) is 18.4 Å². The minimum absolute atomic E-state index is 0.0379. The van der Waals surface area contributed by atoms with Crippen molar-refractivity contribution >= 4 is 11.9 Å². The molecule has 0 fully saturated rings. The summed E-state index contributed by atoms with van der Waals surface area (Å²) < 4.78 is 0. The van der Waals surface area contributed by atoms with Crippen molar-refractivity contribution in [1.82, 2.24) is 5.32 Å². The maximum Gasteiger partial charge on any atom is 0.337 e. The molecule has 0 saturated heterocycles. The number of rotatable bonds is 6. The Morgan fingerprint density at radius 3 is 2.42 bits per heavy atom. The van der Waals surface area contributed by atoms with Crippen LogP contribution in [0.15, 0.2) is 30.3 Å². The number of nitrogens with one attached hydrogen (secondary N) is 1. The lowest BCUT2D eigenvalue weighted by atomic mass is 9.97.